The lowest BCUT2D eigenvalue weighted by Crippen LogP contribution is -2.27. The third-order valence-electron chi connectivity index (χ3n) is 4.10. The lowest BCUT2D eigenvalue weighted by molar-refractivity contribution is 0.388. The minimum atomic E-state index is -0.796. The van der Waals surface area contributed by atoms with Crippen molar-refractivity contribution in [3.05, 3.63) is 35.9 Å². The van der Waals surface area contributed by atoms with Crippen LogP contribution in [0.25, 0.3) is 0 Å². The molecule has 2 rings (SSSR count). The maximum Gasteiger partial charge on any atom is 0.0611 e. The second-order valence-electron chi connectivity index (χ2n) is 5.70. The average Bonchev–Trinajstić information content (AvgIpc) is 2.45. The summed E-state index contributed by atoms with van der Waals surface area (Å²) in [5.41, 5.74) is 6.91. The van der Waals surface area contributed by atoms with Crippen LogP contribution < -0.4 is 5.73 Å². The molecule has 0 amide bonds. The minimum absolute atomic E-state index is 0.112. The van der Waals surface area contributed by atoms with Gasteiger partial charge in [0.2, 0.25) is 0 Å². The van der Waals surface area contributed by atoms with Gasteiger partial charge in [0.05, 0.1) is 5.25 Å². The van der Waals surface area contributed by atoms with Crippen LogP contribution in [0.2, 0.25) is 0 Å². The second kappa shape index (κ2) is 7.20. The van der Waals surface area contributed by atoms with Crippen molar-refractivity contribution in [2.75, 3.05) is 6.54 Å². The van der Waals surface area contributed by atoms with Crippen LogP contribution in [0, 0.1) is 5.92 Å². The fourth-order valence-electron chi connectivity index (χ4n) is 3.06. The van der Waals surface area contributed by atoms with Crippen molar-refractivity contribution in [2.45, 2.75) is 49.5 Å². The molecule has 1 aliphatic rings. The van der Waals surface area contributed by atoms with Crippen molar-refractivity contribution in [2.24, 2.45) is 11.7 Å². The molecule has 0 aromatic heterocycles. The highest BCUT2D eigenvalue weighted by atomic mass is 32.2. The molecule has 1 fully saturated rings. The van der Waals surface area contributed by atoms with Gasteiger partial charge in [0.1, 0.15) is 0 Å². The highest BCUT2D eigenvalue weighted by molar-refractivity contribution is 7.85. The summed E-state index contributed by atoms with van der Waals surface area (Å²) < 4.78 is 12.9. The fourth-order valence-corrected chi connectivity index (χ4v) is 5.23. The summed E-state index contributed by atoms with van der Waals surface area (Å²) in [6.45, 7) is 2.89. The molecule has 4 unspecified atom stereocenters. The van der Waals surface area contributed by atoms with Gasteiger partial charge < -0.3 is 5.73 Å². The van der Waals surface area contributed by atoms with Crippen LogP contribution in [-0.4, -0.2) is 16.0 Å². The Labute approximate surface area is 119 Å². The molecule has 0 heterocycles. The van der Waals surface area contributed by atoms with Gasteiger partial charge in [-0.2, -0.15) is 0 Å². The van der Waals surface area contributed by atoms with E-state index in [1.807, 2.05) is 18.2 Å². The highest BCUT2D eigenvalue weighted by Crippen LogP contribution is 2.34. The first-order valence-corrected chi connectivity index (χ1v) is 8.64. The summed E-state index contributed by atoms with van der Waals surface area (Å²) in [7, 11) is -0.796. The van der Waals surface area contributed by atoms with Gasteiger partial charge in [0.15, 0.2) is 0 Å². The Balaban J connectivity index is 2.12. The van der Waals surface area contributed by atoms with Crippen LogP contribution in [0.5, 0.6) is 0 Å². The van der Waals surface area contributed by atoms with Crippen LogP contribution in [0.1, 0.15) is 49.8 Å². The predicted octanol–water partition coefficient (Wildman–Crippen LogP) is 3.40. The van der Waals surface area contributed by atoms with Gasteiger partial charge in [-0.15, -0.1) is 0 Å². The SMILES string of the molecule is CC1CCCC(S(=O)C(CCN)c2ccccc2)C1. The highest BCUT2D eigenvalue weighted by Gasteiger charge is 2.29. The maximum absolute atomic E-state index is 12.9. The molecule has 0 spiro atoms. The van der Waals surface area contributed by atoms with Gasteiger partial charge in [-0.3, -0.25) is 4.21 Å². The fraction of sp³-hybridized carbons (Fsp3) is 0.625. The second-order valence-corrected chi connectivity index (χ2v) is 7.59. The molecular formula is C16H25NOS. The Morgan fingerprint density at radius 1 is 1.32 bits per heavy atom. The molecule has 0 radical (unpaired) electrons. The van der Waals surface area contributed by atoms with Crippen LogP contribution >= 0.6 is 0 Å². The molecule has 106 valence electrons. The van der Waals surface area contributed by atoms with Crippen molar-refractivity contribution >= 4 is 10.8 Å². The van der Waals surface area contributed by atoms with E-state index in [1.165, 1.54) is 18.4 Å². The Morgan fingerprint density at radius 3 is 2.68 bits per heavy atom. The van der Waals surface area contributed by atoms with Crippen molar-refractivity contribution < 1.29 is 4.21 Å². The molecule has 0 bridgehead atoms. The standard InChI is InChI=1S/C16H25NOS/c1-13-6-5-9-15(12-13)19(18)16(10-11-17)14-7-3-2-4-8-14/h2-4,7-8,13,15-16H,5-6,9-12,17H2,1H3. The van der Waals surface area contributed by atoms with E-state index in [4.69, 9.17) is 5.73 Å². The Morgan fingerprint density at radius 2 is 2.05 bits per heavy atom. The molecule has 0 aliphatic heterocycles. The summed E-state index contributed by atoms with van der Waals surface area (Å²) in [4.78, 5) is 0. The van der Waals surface area contributed by atoms with Gasteiger partial charge in [-0.05, 0) is 37.3 Å². The Kier molecular flexibility index (Phi) is 5.59. The van der Waals surface area contributed by atoms with E-state index in [2.05, 4.69) is 19.1 Å². The first-order chi connectivity index (χ1) is 9.22. The zero-order valence-corrected chi connectivity index (χ0v) is 12.6. The number of nitrogens with two attached hydrogens (primary N) is 1. The molecule has 0 saturated heterocycles. The summed E-state index contributed by atoms with van der Waals surface area (Å²) in [6.07, 6.45) is 5.56. The number of rotatable bonds is 5. The third-order valence-corrected chi connectivity index (χ3v) is 6.25. The van der Waals surface area contributed by atoms with Crippen molar-refractivity contribution in [1.29, 1.82) is 0 Å². The van der Waals surface area contributed by atoms with Crippen molar-refractivity contribution in [1.82, 2.24) is 0 Å². The Bertz CT molecular complexity index is 406. The van der Waals surface area contributed by atoms with Crippen LogP contribution in [0.4, 0.5) is 0 Å². The lowest BCUT2D eigenvalue weighted by atomic mass is 9.90. The maximum atomic E-state index is 12.9. The van der Waals surface area contributed by atoms with Gasteiger partial charge in [-0.1, -0.05) is 50.1 Å². The molecule has 3 heteroatoms. The van der Waals surface area contributed by atoms with E-state index < -0.39 is 10.8 Å². The van der Waals surface area contributed by atoms with Gasteiger partial charge in [-0.25, -0.2) is 0 Å². The van der Waals surface area contributed by atoms with E-state index in [-0.39, 0.29) is 5.25 Å². The van der Waals surface area contributed by atoms with E-state index in [1.54, 1.807) is 0 Å². The average molecular weight is 279 g/mol. The molecule has 1 aliphatic carbocycles. The smallest absolute Gasteiger partial charge is 0.0611 e. The predicted molar refractivity (Wildman–Crippen MR) is 82.4 cm³/mol. The normalized spacial score (nSPS) is 26.8. The zero-order valence-electron chi connectivity index (χ0n) is 11.8. The summed E-state index contributed by atoms with van der Waals surface area (Å²) >= 11 is 0. The molecule has 1 aromatic carbocycles. The molecule has 1 aromatic rings. The van der Waals surface area contributed by atoms with Crippen molar-refractivity contribution in [3.63, 3.8) is 0 Å². The van der Waals surface area contributed by atoms with Gasteiger partial charge >= 0.3 is 0 Å². The minimum Gasteiger partial charge on any atom is -0.330 e. The van der Waals surface area contributed by atoms with E-state index in [0.717, 1.165) is 25.2 Å². The number of hydrogen-bond donors (Lipinski definition) is 1. The van der Waals surface area contributed by atoms with Crippen LogP contribution in [-0.2, 0) is 10.8 Å². The molecule has 2 nitrogen and oxygen atoms in total. The largest absolute Gasteiger partial charge is 0.330 e. The van der Waals surface area contributed by atoms with E-state index >= 15 is 0 Å². The summed E-state index contributed by atoms with van der Waals surface area (Å²) in [5.74, 6) is 0.719. The quantitative estimate of drug-likeness (QED) is 0.897. The monoisotopic (exact) mass is 279 g/mol. The zero-order chi connectivity index (χ0) is 13.7. The molecule has 19 heavy (non-hydrogen) atoms. The lowest BCUT2D eigenvalue weighted by Gasteiger charge is -2.29. The summed E-state index contributed by atoms with van der Waals surface area (Å²) in [6, 6.07) is 10.2. The van der Waals surface area contributed by atoms with E-state index in [0.29, 0.717) is 11.8 Å². The van der Waals surface area contributed by atoms with Crippen LogP contribution in [0.15, 0.2) is 30.3 Å². The molecule has 2 N–H and O–H groups in total. The summed E-state index contributed by atoms with van der Waals surface area (Å²) in [5, 5.41) is 0.474. The topological polar surface area (TPSA) is 43.1 Å². The van der Waals surface area contributed by atoms with Crippen LogP contribution in [0.3, 0.4) is 0 Å². The van der Waals surface area contributed by atoms with Gasteiger partial charge in [0.25, 0.3) is 0 Å². The van der Waals surface area contributed by atoms with E-state index in [9.17, 15) is 4.21 Å². The molecule has 4 atom stereocenters. The first-order valence-electron chi connectivity index (χ1n) is 7.36. The first kappa shape index (κ1) is 14.7. The van der Waals surface area contributed by atoms with Gasteiger partial charge in [0, 0.05) is 16.0 Å². The molecule has 1 saturated carbocycles. The Hall–Kier alpha value is -0.670. The molecular weight excluding hydrogens is 254 g/mol. The number of benzene rings is 1. The third kappa shape index (κ3) is 3.90. The van der Waals surface area contributed by atoms with Crippen molar-refractivity contribution in [3.8, 4) is 0 Å². The number of hydrogen-bond acceptors (Lipinski definition) is 2.